The van der Waals surface area contributed by atoms with Crippen LogP contribution >= 0.6 is 11.6 Å². The molecule has 0 fully saturated rings. The molecular formula is C11H6ClF4N3O3S. The van der Waals surface area contributed by atoms with Crippen molar-refractivity contribution in [1.82, 2.24) is 9.97 Å². The van der Waals surface area contributed by atoms with Gasteiger partial charge in [0.05, 0.1) is 6.07 Å². The second-order valence-electron chi connectivity index (χ2n) is 3.98. The second kappa shape index (κ2) is 6.16. The molecule has 0 aliphatic rings. The van der Waals surface area contributed by atoms with Gasteiger partial charge in [0.25, 0.3) is 0 Å². The fourth-order valence-electron chi connectivity index (χ4n) is 1.35. The number of hydrogen-bond acceptors (Lipinski definition) is 5. The Morgan fingerprint density at radius 3 is 2.26 bits per heavy atom. The molecule has 1 aromatic heterocycles. The number of halogens is 5. The highest BCUT2D eigenvalue weighted by Crippen LogP contribution is 2.27. The molecule has 1 aromatic carbocycles. The first kappa shape index (κ1) is 17.2. The van der Waals surface area contributed by atoms with Crippen molar-refractivity contribution in [2.24, 2.45) is 0 Å². The highest BCUT2D eigenvalue weighted by atomic mass is 35.5. The number of sulfonamides is 1. The quantitative estimate of drug-likeness (QED) is 0.506. The van der Waals surface area contributed by atoms with E-state index in [1.807, 2.05) is 0 Å². The van der Waals surface area contributed by atoms with Gasteiger partial charge in [0.1, 0.15) is 5.75 Å². The maximum atomic E-state index is 13.0. The molecule has 6 nitrogen and oxygen atoms in total. The van der Waals surface area contributed by atoms with E-state index in [0.29, 0.717) is 0 Å². The first-order chi connectivity index (χ1) is 10.6. The molecule has 0 saturated heterocycles. The number of nitrogens with zero attached hydrogens (tertiary/aromatic N) is 2. The molecule has 0 aliphatic carbocycles. The van der Waals surface area contributed by atoms with E-state index in [0.717, 1.165) is 30.3 Å². The zero-order chi connectivity index (χ0) is 17.3. The van der Waals surface area contributed by atoms with E-state index in [1.165, 1.54) is 4.72 Å². The van der Waals surface area contributed by atoms with Crippen LogP contribution in [0.25, 0.3) is 0 Å². The average molecular weight is 372 g/mol. The van der Waals surface area contributed by atoms with Crippen molar-refractivity contribution in [3.05, 3.63) is 41.6 Å². The lowest BCUT2D eigenvalue weighted by Gasteiger charge is -2.11. The number of benzene rings is 1. The molecule has 12 heteroatoms. The van der Waals surface area contributed by atoms with Crippen LogP contribution in [0.5, 0.6) is 11.6 Å². The predicted molar refractivity (Wildman–Crippen MR) is 72.1 cm³/mol. The van der Waals surface area contributed by atoms with Gasteiger partial charge in [0.15, 0.2) is 0 Å². The fraction of sp³-hybridized carbons (Fsp3) is 0.0909. The largest absolute Gasteiger partial charge is 0.516 e. The summed E-state index contributed by atoms with van der Waals surface area (Å²) in [6, 6.07) is 5.20. The van der Waals surface area contributed by atoms with Crippen LogP contribution in [-0.4, -0.2) is 23.9 Å². The Bertz CT molecular complexity index is 792. The van der Waals surface area contributed by atoms with Crippen LogP contribution in [0, 0.1) is 5.95 Å². The van der Waals surface area contributed by atoms with Gasteiger partial charge in [-0.3, -0.25) is 4.72 Å². The van der Waals surface area contributed by atoms with Crippen LogP contribution in [0.4, 0.5) is 23.2 Å². The maximum absolute atomic E-state index is 13.0. The van der Waals surface area contributed by atoms with E-state index in [4.69, 9.17) is 16.3 Å². The Kier molecular flexibility index (Phi) is 4.61. The monoisotopic (exact) mass is 371 g/mol. The smallest absolute Gasteiger partial charge is 0.439 e. The highest BCUT2D eigenvalue weighted by molar-refractivity contribution is 7.93. The Labute approximate surface area is 132 Å². The van der Waals surface area contributed by atoms with Gasteiger partial charge < -0.3 is 4.74 Å². The number of aromatic nitrogens is 2. The molecule has 0 spiro atoms. The third-order valence-electron chi connectivity index (χ3n) is 2.28. The van der Waals surface area contributed by atoms with Gasteiger partial charge in [-0.25, -0.2) is 0 Å². The number of nitrogens with one attached hydrogen (secondary N) is 1. The molecule has 0 saturated carbocycles. The minimum absolute atomic E-state index is 0.0640. The standard InChI is InChI=1S/C11H6ClF4N3O3S/c12-10-17-8(13)5-9(18-10)22-7-3-1-6(2-4-7)19-23(20,21)11(14,15)16/h1-5,19H. The predicted octanol–water partition coefficient (Wildman–Crippen LogP) is 3.32. The summed E-state index contributed by atoms with van der Waals surface area (Å²) in [6.07, 6.45) is 0. The molecule has 0 aliphatic heterocycles. The van der Waals surface area contributed by atoms with Gasteiger partial charge in [0.2, 0.25) is 17.1 Å². The van der Waals surface area contributed by atoms with Gasteiger partial charge in [-0.15, -0.1) is 0 Å². The highest BCUT2D eigenvalue weighted by Gasteiger charge is 2.45. The van der Waals surface area contributed by atoms with Crippen molar-refractivity contribution >= 4 is 27.3 Å². The minimum Gasteiger partial charge on any atom is -0.439 e. The van der Waals surface area contributed by atoms with E-state index < -0.39 is 26.8 Å². The van der Waals surface area contributed by atoms with Gasteiger partial charge in [0, 0.05) is 5.69 Å². The zero-order valence-corrected chi connectivity index (χ0v) is 12.4. The summed E-state index contributed by atoms with van der Waals surface area (Å²) in [4.78, 5) is 6.75. The summed E-state index contributed by atoms with van der Waals surface area (Å²) >= 11 is 5.43. The van der Waals surface area contributed by atoms with Crippen LogP contribution in [0.3, 0.4) is 0 Å². The summed E-state index contributed by atoms with van der Waals surface area (Å²) in [7, 11) is -5.51. The van der Waals surface area contributed by atoms with Crippen molar-refractivity contribution in [1.29, 1.82) is 0 Å². The molecule has 124 valence electrons. The fourth-order valence-corrected chi connectivity index (χ4v) is 2.07. The van der Waals surface area contributed by atoms with Gasteiger partial charge in [-0.05, 0) is 35.9 Å². The molecule has 0 amide bonds. The lowest BCUT2D eigenvalue weighted by atomic mass is 10.3. The number of ether oxygens (including phenoxy) is 1. The first-order valence-corrected chi connectivity index (χ1v) is 7.50. The van der Waals surface area contributed by atoms with E-state index in [-0.39, 0.29) is 17.3 Å². The molecular weight excluding hydrogens is 366 g/mol. The Balaban J connectivity index is 2.14. The number of anilines is 1. The molecule has 1 heterocycles. The molecule has 0 bridgehead atoms. The minimum atomic E-state index is -5.51. The van der Waals surface area contributed by atoms with Crippen molar-refractivity contribution in [3.63, 3.8) is 0 Å². The molecule has 23 heavy (non-hydrogen) atoms. The number of alkyl halides is 3. The van der Waals surface area contributed by atoms with E-state index in [9.17, 15) is 26.0 Å². The van der Waals surface area contributed by atoms with Gasteiger partial charge in [-0.2, -0.15) is 35.9 Å². The average Bonchev–Trinajstić information content (AvgIpc) is 2.38. The lowest BCUT2D eigenvalue weighted by Crippen LogP contribution is -2.29. The summed E-state index contributed by atoms with van der Waals surface area (Å²) in [5.41, 5.74) is -5.77. The summed E-state index contributed by atoms with van der Waals surface area (Å²) in [5, 5.41) is -0.394. The van der Waals surface area contributed by atoms with Crippen molar-refractivity contribution < 1.29 is 30.7 Å². The normalized spacial score (nSPS) is 12.0. The molecule has 0 unspecified atom stereocenters. The molecule has 2 aromatic rings. The maximum Gasteiger partial charge on any atom is 0.516 e. The van der Waals surface area contributed by atoms with Crippen LogP contribution in [0.2, 0.25) is 5.28 Å². The molecule has 2 rings (SSSR count). The number of rotatable bonds is 4. The second-order valence-corrected chi connectivity index (χ2v) is 5.99. The van der Waals surface area contributed by atoms with E-state index >= 15 is 0 Å². The van der Waals surface area contributed by atoms with E-state index in [2.05, 4.69) is 9.97 Å². The summed E-state index contributed by atoms with van der Waals surface area (Å²) in [6.45, 7) is 0. The van der Waals surface area contributed by atoms with Crippen LogP contribution in [0.1, 0.15) is 0 Å². The van der Waals surface area contributed by atoms with Gasteiger partial charge >= 0.3 is 15.5 Å². The zero-order valence-electron chi connectivity index (χ0n) is 10.8. The lowest BCUT2D eigenvalue weighted by molar-refractivity contribution is -0.0429. The molecule has 0 radical (unpaired) electrons. The number of hydrogen-bond donors (Lipinski definition) is 1. The van der Waals surface area contributed by atoms with Crippen LogP contribution < -0.4 is 9.46 Å². The van der Waals surface area contributed by atoms with Crippen LogP contribution in [0.15, 0.2) is 30.3 Å². The Morgan fingerprint density at radius 1 is 1.13 bits per heavy atom. The SMILES string of the molecule is O=S(=O)(Nc1ccc(Oc2cc(F)nc(Cl)n2)cc1)C(F)(F)F. The topological polar surface area (TPSA) is 81.2 Å². The van der Waals surface area contributed by atoms with Crippen molar-refractivity contribution in [2.45, 2.75) is 5.51 Å². The Morgan fingerprint density at radius 2 is 1.74 bits per heavy atom. The van der Waals surface area contributed by atoms with Crippen molar-refractivity contribution in [3.8, 4) is 11.6 Å². The Hall–Kier alpha value is -2.14. The van der Waals surface area contributed by atoms with Gasteiger partial charge in [-0.1, -0.05) is 0 Å². The van der Waals surface area contributed by atoms with Crippen molar-refractivity contribution in [2.75, 3.05) is 4.72 Å². The molecule has 1 N–H and O–H groups in total. The van der Waals surface area contributed by atoms with Crippen LogP contribution in [-0.2, 0) is 10.0 Å². The third kappa shape index (κ3) is 4.42. The summed E-state index contributed by atoms with van der Waals surface area (Å²) < 4.78 is 78.0. The first-order valence-electron chi connectivity index (χ1n) is 5.64. The summed E-state index contributed by atoms with van der Waals surface area (Å²) in [5.74, 6) is -1.10. The third-order valence-corrected chi connectivity index (χ3v) is 3.56. The van der Waals surface area contributed by atoms with E-state index in [1.54, 1.807) is 0 Å². The molecule has 0 atom stereocenters.